The largest absolute Gasteiger partial charge is 0.395 e. The van der Waals surface area contributed by atoms with Gasteiger partial charge in [0.25, 0.3) is 0 Å². The van der Waals surface area contributed by atoms with E-state index in [1.54, 1.807) is 18.0 Å². The summed E-state index contributed by atoms with van der Waals surface area (Å²) in [7, 11) is 1.75. The van der Waals surface area contributed by atoms with E-state index in [9.17, 15) is 9.18 Å². The van der Waals surface area contributed by atoms with E-state index in [0.717, 1.165) is 0 Å². The number of rotatable bonds is 4. The smallest absolute Gasteiger partial charge is 0.161 e. The van der Waals surface area contributed by atoms with Gasteiger partial charge in [0.05, 0.1) is 6.61 Å². The molecule has 0 unspecified atom stereocenters. The Kier molecular flexibility index (Phi) is 3.80. The van der Waals surface area contributed by atoms with Gasteiger partial charge in [0.2, 0.25) is 0 Å². The van der Waals surface area contributed by atoms with Crippen molar-refractivity contribution in [3.8, 4) is 0 Å². The molecule has 1 aromatic carbocycles. The normalized spacial score (nSPS) is 10.1. The van der Waals surface area contributed by atoms with Crippen LogP contribution in [0.5, 0.6) is 0 Å². The molecule has 0 aliphatic rings. The number of Topliss-reactive ketones (excluding diaryl/α,β-unsaturated/α-hetero) is 1. The predicted molar refractivity (Wildman–Crippen MR) is 56.8 cm³/mol. The van der Waals surface area contributed by atoms with Gasteiger partial charge in [0.15, 0.2) is 5.78 Å². The van der Waals surface area contributed by atoms with E-state index in [1.807, 2.05) is 0 Å². The van der Waals surface area contributed by atoms with Crippen molar-refractivity contribution in [2.24, 2.45) is 0 Å². The molecule has 1 N–H and O–H groups in total. The lowest BCUT2D eigenvalue weighted by molar-refractivity contribution is 0.101. The van der Waals surface area contributed by atoms with Crippen LogP contribution >= 0.6 is 0 Å². The second kappa shape index (κ2) is 4.89. The van der Waals surface area contributed by atoms with E-state index in [1.165, 1.54) is 19.1 Å². The van der Waals surface area contributed by atoms with E-state index in [2.05, 4.69) is 0 Å². The maximum Gasteiger partial charge on any atom is 0.161 e. The van der Waals surface area contributed by atoms with Crippen molar-refractivity contribution in [3.63, 3.8) is 0 Å². The monoisotopic (exact) mass is 211 g/mol. The van der Waals surface area contributed by atoms with Crippen LogP contribution in [0.3, 0.4) is 0 Å². The van der Waals surface area contributed by atoms with Crippen molar-refractivity contribution >= 4 is 11.5 Å². The van der Waals surface area contributed by atoms with Crippen LogP contribution in [0.4, 0.5) is 10.1 Å². The number of nitrogens with zero attached hydrogens (tertiary/aromatic N) is 1. The minimum Gasteiger partial charge on any atom is -0.395 e. The Morgan fingerprint density at radius 1 is 1.53 bits per heavy atom. The average molecular weight is 211 g/mol. The highest BCUT2D eigenvalue weighted by Crippen LogP contribution is 2.20. The molecule has 0 saturated heterocycles. The maximum atomic E-state index is 12.9. The average Bonchev–Trinajstić information content (AvgIpc) is 2.17. The molecule has 0 heterocycles. The number of aliphatic hydroxyl groups excluding tert-OH is 1. The van der Waals surface area contributed by atoms with E-state index >= 15 is 0 Å². The Morgan fingerprint density at radius 2 is 2.20 bits per heavy atom. The molecule has 0 bridgehead atoms. The molecule has 0 aliphatic carbocycles. The lowest BCUT2D eigenvalue weighted by Crippen LogP contribution is -2.23. The molecule has 0 spiro atoms. The van der Waals surface area contributed by atoms with Gasteiger partial charge in [-0.2, -0.15) is 0 Å². The van der Waals surface area contributed by atoms with Crippen LogP contribution in [-0.4, -0.2) is 31.1 Å². The van der Waals surface area contributed by atoms with Crippen molar-refractivity contribution in [1.82, 2.24) is 0 Å². The quantitative estimate of drug-likeness (QED) is 0.766. The zero-order valence-corrected chi connectivity index (χ0v) is 8.83. The fourth-order valence-electron chi connectivity index (χ4n) is 1.39. The number of likely N-dealkylation sites (N-methyl/N-ethyl adjacent to an activating group) is 1. The van der Waals surface area contributed by atoms with Crippen molar-refractivity contribution in [2.75, 3.05) is 25.1 Å². The Labute approximate surface area is 88.1 Å². The summed E-state index contributed by atoms with van der Waals surface area (Å²) in [6.07, 6.45) is 0. The molecular weight excluding hydrogens is 197 g/mol. The third kappa shape index (κ3) is 2.76. The summed E-state index contributed by atoms with van der Waals surface area (Å²) in [4.78, 5) is 13.0. The number of ketones is 1. The summed E-state index contributed by atoms with van der Waals surface area (Å²) >= 11 is 0. The zero-order chi connectivity index (χ0) is 11.4. The molecule has 1 rings (SSSR count). The Bertz CT molecular complexity index is 366. The highest BCUT2D eigenvalue weighted by molar-refractivity contribution is 5.99. The van der Waals surface area contributed by atoms with Gasteiger partial charge >= 0.3 is 0 Å². The summed E-state index contributed by atoms with van der Waals surface area (Å²) in [5, 5.41) is 8.78. The summed E-state index contributed by atoms with van der Waals surface area (Å²) < 4.78 is 12.9. The van der Waals surface area contributed by atoms with Gasteiger partial charge < -0.3 is 10.0 Å². The topological polar surface area (TPSA) is 40.5 Å². The van der Waals surface area contributed by atoms with Crippen molar-refractivity contribution in [1.29, 1.82) is 0 Å². The standard InChI is InChI=1S/C11H14FNO2/c1-8(15)10-7-9(12)3-4-11(10)13(2)5-6-14/h3-4,7,14H,5-6H2,1-2H3. The number of halogens is 1. The molecule has 3 nitrogen and oxygen atoms in total. The molecule has 0 aliphatic heterocycles. The van der Waals surface area contributed by atoms with Crippen LogP contribution in [0.15, 0.2) is 18.2 Å². The summed E-state index contributed by atoms with van der Waals surface area (Å²) in [6.45, 7) is 1.79. The van der Waals surface area contributed by atoms with Gasteiger partial charge in [-0.15, -0.1) is 0 Å². The highest BCUT2D eigenvalue weighted by Gasteiger charge is 2.11. The predicted octanol–water partition coefficient (Wildman–Crippen LogP) is 1.46. The number of aliphatic hydroxyl groups is 1. The van der Waals surface area contributed by atoms with E-state index in [-0.39, 0.29) is 12.4 Å². The van der Waals surface area contributed by atoms with Crippen LogP contribution < -0.4 is 4.90 Å². The second-order valence-electron chi connectivity index (χ2n) is 3.36. The van der Waals surface area contributed by atoms with Crippen molar-refractivity contribution in [2.45, 2.75) is 6.92 Å². The van der Waals surface area contributed by atoms with Crippen LogP contribution in [0.25, 0.3) is 0 Å². The Morgan fingerprint density at radius 3 is 2.73 bits per heavy atom. The first-order valence-corrected chi connectivity index (χ1v) is 4.68. The minimum absolute atomic E-state index is 0.00871. The van der Waals surface area contributed by atoms with Crippen LogP contribution in [-0.2, 0) is 0 Å². The summed E-state index contributed by atoms with van der Waals surface area (Å²) in [5.41, 5.74) is 0.976. The fraction of sp³-hybridized carbons (Fsp3) is 0.364. The molecule has 0 saturated carbocycles. The summed E-state index contributed by atoms with van der Waals surface area (Å²) in [5.74, 6) is -0.615. The molecule has 4 heteroatoms. The molecule has 0 amide bonds. The van der Waals surface area contributed by atoms with Crippen molar-refractivity contribution in [3.05, 3.63) is 29.6 Å². The van der Waals surface area contributed by atoms with E-state index in [4.69, 9.17) is 5.11 Å². The zero-order valence-electron chi connectivity index (χ0n) is 8.83. The van der Waals surface area contributed by atoms with Gasteiger partial charge in [0.1, 0.15) is 5.82 Å². The molecule has 1 aromatic rings. The number of carbonyl (C=O) groups is 1. The number of anilines is 1. The van der Waals surface area contributed by atoms with Gasteiger partial charge in [-0.1, -0.05) is 0 Å². The Balaban J connectivity index is 3.10. The van der Waals surface area contributed by atoms with Crippen molar-refractivity contribution < 1.29 is 14.3 Å². The van der Waals surface area contributed by atoms with Gasteiger partial charge in [0, 0.05) is 24.8 Å². The number of carbonyl (C=O) groups excluding carboxylic acids is 1. The molecule has 0 radical (unpaired) electrons. The van der Waals surface area contributed by atoms with E-state index < -0.39 is 5.82 Å². The van der Waals surface area contributed by atoms with Crippen LogP contribution in [0.2, 0.25) is 0 Å². The molecule has 15 heavy (non-hydrogen) atoms. The third-order valence-corrected chi connectivity index (χ3v) is 2.18. The van der Waals surface area contributed by atoms with Crippen LogP contribution in [0, 0.1) is 5.82 Å². The maximum absolute atomic E-state index is 12.9. The first-order chi connectivity index (χ1) is 7.06. The SMILES string of the molecule is CC(=O)c1cc(F)ccc1N(C)CCO. The van der Waals surface area contributed by atoms with Gasteiger partial charge in [-0.25, -0.2) is 4.39 Å². The lowest BCUT2D eigenvalue weighted by Gasteiger charge is -2.20. The number of hydrogen-bond donors (Lipinski definition) is 1. The first-order valence-electron chi connectivity index (χ1n) is 4.68. The fourth-order valence-corrected chi connectivity index (χ4v) is 1.39. The summed E-state index contributed by atoms with van der Waals surface area (Å²) in [6, 6.07) is 4.06. The molecular formula is C11H14FNO2. The highest BCUT2D eigenvalue weighted by atomic mass is 19.1. The number of benzene rings is 1. The second-order valence-corrected chi connectivity index (χ2v) is 3.36. The Hall–Kier alpha value is -1.42. The van der Waals surface area contributed by atoms with E-state index in [0.29, 0.717) is 17.8 Å². The van der Waals surface area contributed by atoms with Crippen LogP contribution in [0.1, 0.15) is 17.3 Å². The minimum atomic E-state index is -0.429. The number of hydrogen-bond acceptors (Lipinski definition) is 3. The van der Waals surface area contributed by atoms with Gasteiger partial charge in [-0.05, 0) is 25.1 Å². The molecule has 0 atom stereocenters. The third-order valence-electron chi connectivity index (χ3n) is 2.18. The molecule has 0 aromatic heterocycles. The molecule has 82 valence electrons. The van der Waals surface area contributed by atoms with Gasteiger partial charge in [-0.3, -0.25) is 4.79 Å². The lowest BCUT2D eigenvalue weighted by atomic mass is 10.1. The first kappa shape index (κ1) is 11.7. The molecule has 0 fully saturated rings.